The molecule has 168 valence electrons. The number of imidazole rings is 1. The monoisotopic (exact) mass is 445 g/mol. The minimum atomic E-state index is -0.914. The fourth-order valence-electron chi connectivity index (χ4n) is 4.53. The van der Waals surface area contributed by atoms with Crippen LogP contribution in [0.2, 0.25) is 0 Å². The molecule has 0 bridgehead atoms. The maximum atomic E-state index is 13.2. The van der Waals surface area contributed by atoms with Crippen LogP contribution in [0.5, 0.6) is 0 Å². The molecule has 5 rings (SSSR count). The van der Waals surface area contributed by atoms with Crippen LogP contribution in [-0.4, -0.2) is 80.5 Å². The van der Waals surface area contributed by atoms with E-state index >= 15 is 0 Å². The van der Waals surface area contributed by atoms with Gasteiger partial charge >= 0.3 is 0 Å². The molecule has 9 nitrogen and oxygen atoms in total. The molecule has 2 aliphatic rings. The first-order valence-electron chi connectivity index (χ1n) is 10.9. The highest BCUT2D eigenvalue weighted by atomic mass is 16.2. The van der Waals surface area contributed by atoms with E-state index in [4.69, 9.17) is 0 Å². The maximum absolute atomic E-state index is 13.2. The molecular weight excluding hydrogens is 422 g/mol. The van der Waals surface area contributed by atoms with Crippen LogP contribution in [0.15, 0.2) is 48.8 Å². The van der Waals surface area contributed by atoms with Crippen molar-refractivity contribution in [1.29, 1.82) is 0 Å². The van der Waals surface area contributed by atoms with Crippen LogP contribution >= 0.6 is 0 Å². The normalized spacial score (nSPS) is 17.3. The first kappa shape index (κ1) is 20.9. The number of imide groups is 1. The highest BCUT2D eigenvalue weighted by molar-refractivity contribution is 6.22. The largest absolute Gasteiger partial charge is 0.345 e. The van der Waals surface area contributed by atoms with Crippen molar-refractivity contribution in [2.75, 3.05) is 26.2 Å². The summed E-state index contributed by atoms with van der Waals surface area (Å²) in [5.41, 5.74) is 2.79. The third-order valence-electron chi connectivity index (χ3n) is 6.33. The van der Waals surface area contributed by atoms with Crippen molar-refractivity contribution >= 4 is 34.7 Å². The lowest BCUT2D eigenvalue weighted by Gasteiger charge is -2.28. The number of H-pyrrole nitrogens is 1. The predicted molar refractivity (Wildman–Crippen MR) is 120 cm³/mol. The van der Waals surface area contributed by atoms with E-state index in [9.17, 15) is 19.2 Å². The lowest BCUT2D eigenvalue weighted by atomic mass is 10.1. The smallest absolute Gasteiger partial charge is 0.262 e. The number of carbonyl (C=O) groups excluding carboxylic acids is 4. The second kappa shape index (κ2) is 8.16. The summed E-state index contributed by atoms with van der Waals surface area (Å²) in [5, 5.41) is 0. The van der Waals surface area contributed by atoms with Gasteiger partial charge < -0.3 is 14.8 Å². The minimum absolute atomic E-state index is 0.103. The minimum Gasteiger partial charge on any atom is -0.345 e. The van der Waals surface area contributed by atoms with Gasteiger partial charge in [0, 0.05) is 31.7 Å². The van der Waals surface area contributed by atoms with E-state index in [0.29, 0.717) is 49.3 Å². The molecule has 0 saturated carbocycles. The number of rotatable bonds is 3. The quantitative estimate of drug-likeness (QED) is 0.620. The zero-order valence-corrected chi connectivity index (χ0v) is 18.2. The van der Waals surface area contributed by atoms with Gasteiger partial charge in [0.1, 0.15) is 6.04 Å². The summed E-state index contributed by atoms with van der Waals surface area (Å²) in [5.74, 6) is -1.29. The van der Waals surface area contributed by atoms with E-state index < -0.39 is 17.9 Å². The van der Waals surface area contributed by atoms with Gasteiger partial charge in [0.05, 0.1) is 28.5 Å². The molecule has 3 aromatic rings. The van der Waals surface area contributed by atoms with Gasteiger partial charge in [-0.15, -0.1) is 0 Å². The topological polar surface area (TPSA) is 107 Å². The standard InChI is InChI=1S/C24H23N5O4/c1-15(29-23(32)17-5-2-3-6-18(17)24(29)33)21(30)27-9-4-10-28(12-11-27)22(31)16-7-8-19-20(13-16)26-14-25-19/h2-3,5-8,13-15H,4,9-12H2,1H3,(H,25,26). The van der Waals surface area contributed by atoms with Gasteiger partial charge in [0.2, 0.25) is 5.91 Å². The van der Waals surface area contributed by atoms with E-state index in [2.05, 4.69) is 9.97 Å². The van der Waals surface area contributed by atoms with Crippen molar-refractivity contribution in [3.63, 3.8) is 0 Å². The maximum Gasteiger partial charge on any atom is 0.262 e. The van der Waals surface area contributed by atoms with Gasteiger partial charge in [-0.05, 0) is 43.7 Å². The molecule has 1 fully saturated rings. The van der Waals surface area contributed by atoms with Crippen LogP contribution in [0.1, 0.15) is 44.4 Å². The Bertz CT molecular complexity index is 1250. The molecule has 2 aromatic carbocycles. The van der Waals surface area contributed by atoms with Gasteiger partial charge in [-0.1, -0.05) is 12.1 Å². The van der Waals surface area contributed by atoms with E-state index in [1.807, 2.05) is 0 Å². The van der Waals surface area contributed by atoms with Crippen molar-refractivity contribution in [2.24, 2.45) is 0 Å². The third-order valence-corrected chi connectivity index (χ3v) is 6.33. The van der Waals surface area contributed by atoms with Gasteiger partial charge in [0.25, 0.3) is 17.7 Å². The molecule has 1 saturated heterocycles. The van der Waals surface area contributed by atoms with Crippen molar-refractivity contribution in [3.05, 3.63) is 65.5 Å². The Hall–Kier alpha value is -4.01. The number of hydrogen-bond donors (Lipinski definition) is 1. The van der Waals surface area contributed by atoms with Crippen LogP contribution in [0.3, 0.4) is 0 Å². The summed E-state index contributed by atoms with van der Waals surface area (Å²) in [6.07, 6.45) is 2.20. The Labute approximate surface area is 190 Å². The Kier molecular flexibility index (Phi) is 5.16. The van der Waals surface area contributed by atoms with Gasteiger partial charge in [-0.3, -0.25) is 24.1 Å². The summed E-state index contributed by atoms with van der Waals surface area (Å²) in [6, 6.07) is 11.0. The summed E-state index contributed by atoms with van der Waals surface area (Å²) in [7, 11) is 0. The lowest BCUT2D eigenvalue weighted by Crippen LogP contribution is -2.50. The highest BCUT2D eigenvalue weighted by Gasteiger charge is 2.42. The third kappa shape index (κ3) is 3.55. The first-order valence-corrected chi connectivity index (χ1v) is 10.9. The molecule has 1 aromatic heterocycles. The molecule has 0 aliphatic carbocycles. The van der Waals surface area contributed by atoms with Crippen LogP contribution < -0.4 is 0 Å². The number of benzene rings is 2. The number of hydrogen-bond acceptors (Lipinski definition) is 5. The number of aromatic amines is 1. The molecular formula is C24H23N5O4. The zero-order valence-electron chi connectivity index (χ0n) is 18.2. The molecule has 1 atom stereocenters. The summed E-state index contributed by atoms with van der Waals surface area (Å²) in [6.45, 7) is 3.27. The molecule has 33 heavy (non-hydrogen) atoms. The van der Waals surface area contributed by atoms with E-state index in [0.717, 1.165) is 15.9 Å². The fourth-order valence-corrected chi connectivity index (χ4v) is 4.53. The predicted octanol–water partition coefficient (Wildman–Crippen LogP) is 1.92. The highest BCUT2D eigenvalue weighted by Crippen LogP contribution is 2.25. The number of fused-ring (bicyclic) bond motifs is 2. The average Bonchev–Trinajstić information content (AvgIpc) is 3.30. The molecule has 2 aliphatic heterocycles. The lowest BCUT2D eigenvalue weighted by molar-refractivity contribution is -0.134. The number of amides is 4. The molecule has 0 spiro atoms. The van der Waals surface area contributed by atoms with Gasteiger partial charge in [0.15, 0.2) is 0 Å². The van der Waals surface area contributed by atoms with Crippen molar-refractivity contribution in [3.8, 4) is 0 Å². The van der Waals surface area contributed by atoms with Crippen LogP contribution in [0.4, 0.5) is 0 Å². The fraction of sp³-hybridized carbons (Fsp3) is 0.292. The Morgan fingerprint density at radius 3 is 2.33 bits per heavy atom. The number of nitrogens with one attached hydrogen (secondary N) is 1. The molecule has 0 radical (unpaired) electrons. The first-order chi connectivity index (χ1) is 16.0. The summed E-state index contributed by atoms with van der Waals surface area (Å²) >= 11 is 0. The SMILES string of the molecule is CC(C(=O)N1CCCN(C(=O)c2ccc3nc[nH]c3c2)CC1)N1C(=O)c2ccccc2C1=O. The number of nitrogens with zero attached hydrogens (tertiary/aromatic N) is 4. The van der Waals surface area contributed by atoms with Crippen LogP contribution in [0.25, 0.3) is 11.0 Å². The van der Waals surface area contributed by atoms with Gasteiger partial charge in [-0.25, -0.2) is 4.98 Å². The molecule has 4 amide bonds. The van der Waals surface area contributed by atoms with Crippen molar-refractivity contribution in [1.82, 2.24) is 24.7 Å². The molecule has 1 N–H and O–H groups in total. The van der Waals surface area contributed by atoms with E-state index in [1.54, 1.807) is 65.5 Å². The van der Waals surface area contributed by atoms with Crippen LogP contribution in [-0.2, 0) is 4.79 Å². The molecule has 3 heterocycles. The van der Waals surface area contributed by atoms with Crippen molar-refractivity contribution in [2.45, 2.75) is 19.4 Å². The summed E-state index contributed by atoms with van der Waals surface area (Å²) < 4.78 is 0. The van der Waals surface area contributed by atoms with Gasteiger partial charge in [-0.2, -0.15) is 0 Å². The second-order valence-corrected chi connectivity index (χ2v) is 8.31. The number of carbonyl (C=O) groups is 4. The van der Waals surface area contributed by atoms with Crippen LogP contribution in [0, 0.1) is 0 Å². The average molecular weight is 445 g/mol. The Morgan fingerprint density at radius 2 is 1.61 bits per heavy atom. The molecule has 9 heteroatoms. The zero-order chi connectivity index (χ0) is 23.1. The van der Waals surface area contributed by atoms with Crippen molar-refractivity contribution < 1.29 is 19.2 Å². The van der Waals surface area contributed by atoms with E-state index in [1.165, 1.54) is 0 Å². The molecule has 1 unspecified atom stereocenters. The number of aromatic nitrogens is 2. The van der Waals surface area contributed by atoms with E-state index in [-0.39, 0.29) is 11.8 Å². The Balaban J connectivity index is 1.27. The second-order valence-electron chi connectivity index (χ2n) is 8.31. The Morgan fingerprint density at radius 1 is 0.939 bits per heavy atom. The summed E-state index contributed by atoms with van der Waals surface area (Å²) in [4.78, 5) is 63.3.